The molecule has 5 nitrogen and oxygen atoms in total. The Balaban J connectivity index is 1.82. The number of hydrogen-bond donors (Lipinski definition) is 2. The number of anilines is 2. The minimum absolute atomic E-state index is 0.0236. The zero-order chi connectivity index (χ0) is 17.6. The molecule has 0 saturated heterocycles. The summed E-state index contributed by atoms with van der Waals surface area (Å²) in [5, 5.41) is 6.14. The van der Waals surface area contributed by atoms with Crippen LogP contribution < -0.4 is 15.4 Å². The topological polar surface area (TPSA) is 63.2 Å². The number of methoxy groups -OCH3 is 1. The maximum Gasteiger partial charge on any atom is 0.229 e. The van der Waals surface area contributed by atoms with Crippen LogP contribution in [0.25, 0.3) is 0 Å². The largest absolute Gasteiger partial charge is 0.497 e. The summed E-state index contributed by atoms with van der Waals surface area (Å²) in [4.78, 5) is 16.3. The Morgan fingerprint density at radius 1 is 1.12 bits per heavy atom. The van der Waals surface area contributed by atoms with E-state index in [0.29, 0.717) is 5.69 Å². The Labute approximate surface area is 143 Å². The van der Waals surface area contributed by atoms with Gasteiger partial charge in [-0.1, -0.05) is 32.9 Å². The Morgan fingerprint density at radius 3 is 2.38 bits per heavy atom. The number of carbonyl (C=O) groups is 1. The highest BCUT2D eigenvalue weighted by Gasteiger charge is 2.21. The van der Waals surface area contributed by atoms with Crippen LogP contribution in [0, 0.1) is 5.41 Å². The summed E-state index contributed by atoms with van der Waals surface area (Å²) in [7, 11) is 1.66. The first-order valence-electron chi connectivity index (χ1n) is 8.03. The second kappa shape index (κ2) is 7.81. The fourth-order valence-electron chi connectivity index (χ4n) is 2.02. The molecule has 1 amide bonds. The Bertz CT molecular complexity index is 659. The number of nitrogens with one attached hydrogen (secondary N) is 2. The van der Waals surface area contributed by atoms with Crippen LogP contribution in [0.5, 0.6) is 5.75 Å². The van der Waals surface area contributed by atoms with E-state index in [1.54, 1.807) is 13.3 Å². The van der Waals surface area contributed by atoms with E-state index in [0.717, 1.165) is 24.5 Å². The van der Waals surface area contributed by atoms with Crippen LogP contribution in [0.3, 0.4) is 0 Å². The van der Waals surface area contributed by atoms with Crippen molar-refractivity contribution in [3.8, 4) is 5.75 Å². The first-order chi connectivity index (χ1) is 11.4. The molecule has 128 valence electrons. The van der Waals surface area contributed by atoms with Gasteiger partial charge in [-0.25, -0.2) is 4.98 Å². The Kier molecular flexibility index (Phi) is 5.79. The molecular formula is C19H25N3O2. The number of pyridine rings is 1. The number of amides is 1. The van der Waals surface area contributed by atoms with E-state index in [1.165, 1.54) is 5.56 Å². The van der Waals surface area contributed by atoms with Crippen LogP contribution >= 0.6 is 0 Å². The average Bonchev–Trinajstić information content (AvgIpc) is 2.56. The van der Waals surface area contributed by atoms with Gasteiger partial charge < -0.3 is 15.4 Å². The fraction of sp³-hybridized carbons (Fsp3) is 0.368. The highest BCUT2D eigenvalue weighted by atomic mass is 16.5. The predicted octanol–water partition coefficient (Wildman–Crippen LogP) is 3.73. The number of nitrogens with zero attached hydrogens (tertiary/aromatic N) is 1. The minimum Gasteiger partial charge on any atom is -0.497 e. The maximum atomic E-state index is 11.9. The summed E-state index contributed by atoms with van der Waals surface area (Å²) in [6, 6.07) is 11.7. The van der Waals surface area contributed by atoms with Gasteiger partial charge in [-0.3, -0.25) is 4.79 Å². The number of hydrogen-bond acceptors (Lipinski definition) is 4. The fourth-order valence-corrected chi connectivity index (χ4v) is 2.02. The quantitative estimate of drug-likeness (QED) is 0.848. The molecule has 0 bridgehead atoms. The molecule has 2 aromatic rings. The molecule has 0 spiro atoms. The molecule has 0 aliphatic heterocycles. The summed E-state index contributed by atoms with van der Waals surface area (Å²) in [5.74, 6) is 1.63. The van der Waals surface area contributed by atoms with Gasteiger partial charge in [0.15, 0.2) is 0 Å². The van der Waals surface area contributed by atoms with E-state index in [2.05, 4.69) is 27.8 Å². The molecule has 1 aromatic carbocycles. The van der Waals surface area contributed by atoms with Crippen LogP contribution in [-0.2, 0) is 11.2 Å². The van der Waals surface area contributed by atoms with Crippen molar-refractivity contribution in [2.45, 2.75) is 27.2 Å². The minimum atomic E-state index is -0.421. The van der Waals surface area contributed by atoms with Crippen LogP contribution in [-0.4, -0.2) is 24.5 Å². The number of ether oxygens (including phenoxy) is 1. The third-order valence-electron chi connectivity index (χ3n) is 3.58. The van der Waals surface area contributed by atoms with Crippen molar-refractivity contribution in [1.82, 2.24) is 4.98 Å². The van der Waals surface area contributed by atoms with Crippen LogP contribution in [0.1, 0.15) is 26.3 Å². The van der Waals surface area contributed by atoms with Crippen molar-refractivity contribution < 1.29 is 9.53 Å². The lowest BCUT2D eigenvalue weighted by atomic mass is 9.96. The smallest absolute Gasteiger partial charge is 0.229 e. The lowest BCUT2D eigenvalue weighted by Gasteiger charge is -2.17. The summed E-state index contributed by atoms with van der Waals surface area (Å²) < 4.78 is 5.15. The molecule has 0 atom stereocenters. The Morgan fingerprint density at radius 2 is 1.83 bits per heavy atom. The Hall–Kier alpha value is -2.56. The molecule has 2 N–H and O–H groups in total. The SMILES string of the molecule is COc1ccc(CCNc2ccc(NC(=O)C(C)(C)C)cn2)cc1. The third-order valence-corrected chi connectivity index (χ3v) is 3.58. The summed E-state index contributed by atoms with van der Waals surface area (Å²) in [6.07, 6.45) is 2.56. The highest BCUT2D eigenvalue weighted by Crippen LogP contribution is 2.17. The molecular weight excluding hydrogens is 302 g/mol. The summed E-state index contributed by atoms with van der Waals surface area (Å²) in [5.41, 5.74) is 1.52. The molecule has 0 unspecified atom stereocenters. The van der Waals surface area contributed by atoms with Crippen molar-refractivity contribution in [3.63, 3.8) is 0 Å². The summed E-state index contributed by atoms with van der Waals surface area (Å²) >= 11 is 0. The first-order valence-corrected chi connectivity index (χ1v) is 8.03. The van der Waals surface area contributed by atoms with Gasteiger partial charge in [-0.2, -0.15) is 0 Å². The molecule has 0 radical (unpaired) electrons. The second-order valence-electron chi connectivity index (χ2n) is 6.66. The van der Waals surface area contributed by atoms with E-state index < -0.39 is 5.41 Å². The number of benzene rings is 1. The van der Waals surface area contributed by atoms with Gasteiger partial charge in [0.05, 0.1) is 19.0 Å². The molecule has 0 saturated carbocycles. The van der Waals surface area contributed by atoms with E-state index >= 15 is 0 Å². The van der Waals surface area contributed by atoms with Crippen molar-refractivity contribution >= 4 is 17.4 Å². The van der Waals surface area contributed by atoms with E-state index in [1.807, 2.05) is 45.0 Å². The molecule has 1 aromatic heterocycles. The van der Waals surface area contributed by atoms with Crippen LogP contribution in [0.4, 0.5) is 11.5 Å². The molecule has 24 heavy (non-hydrogen) atoms. The van der Waals surface area contributed by atoms with E-state index in [9.17, 15) is 4.79 Å². The van der Waals surface area contributed by atoms with E-state index in [-0.39, 0.29) is 5.91 Å². The van der Waals surface area contributed by atoms with Crippen LogP contribution in [0.2, 0.25) is 0 Å². The van der Waals surface area contributed by atoms with Gasteiger partial charge in [0.1, 0.15) is 11.6 Å². The molecule has 1 heterocycles. The molecule has 0 fully saturated rings. The van der Waals surface area contributed by atoms with Gasteiger partial charge in [0.2, 0.25) is 5.91 Å². The number of aromatic nitrogens is 1. The van der Waals surface area contributed by atoms with Gasteiger partial charge >= 0.3 is 0 Å². The first kappa shape index (κ1) is 17.8. The molecule has 5 heteroatoms. The van der Waals surface area contributed by atoms with Crippen molar-refractivity contribution in [3.05, 3.63) is 48.2 Å². The van der Waals surface area contributed by atoms with Crippen molar-refractivity contribution in [2.24, 2.45) is 5.41 Å². The highest BCUT2D eigenvalue weighted by molar-refractivity contribution is 5.94. The second-order valence-corrected chi connectivity index (χ2v) is 6.66. The molecule has 0 aliphatic carbocycles. The van der Waals surface area contributed by atoms with Gasteiger partial charge in [-0.15, -0.1) is 0 Å². The zero-order valence-corrected chi connectivity index (χ0v) is 14.7. The van der Waals surface area contributed by atoms with Gasteiger partial charge in [0.25, 0.3) is 0 Å². The number of carbonyl (C=O) groups excluding carboxylic acids is 1. The predicted molar refractivity (Wildman–Crippen MR) is 97.5 cm³/mol. The lowest BCUT2D eigenvalue weighted by Crippen LogP contribution is -2.27. The number of rotatable bonds is 6. The zero-order valence-electron chi connectivity index (χ0n) is 14.7. The van der Waals surface area contributed by atoms with Crippen LogP contribution in [0.15, 0.2) is 42.6 Å². The summed E-state index contributed by atoms with van der Waals surface area (Å²) in [6.45, 7) is 6.42. The normalized spacial score (nSPS) is 11.0. The van der Waals surface area contributed by atoms with Gasteiger partial charge in [-0.05, 0) is 36.2 Å². The molecule has 0 aliphatic rings. The van der Waals surface area contributed by atoms with Crippen molar-refractivity contribution in [2.75, 3.05) is 24.3 Å². The lowest BCUT2D eigenvalue weighted by molar-refractivity contribution is -0.123. The van der Waals surface area contributed by atoms with E-state index in [4.69, 9.17) is 4.74 Å². The monoisotopic (exact) mass is 327 g/mol. The maximum absolute atomic E-state index is 11.9. The third kappa shape index (κ3) is 5.26. The van der Waals surface area contributed by atoms with Gasteiger partial charge in [0, 0.05) is 12.0 Å². The average molecular weight is 327 g/mol. The molecule has 2 rings (SSSR count). The standard InChI is InChI=1S/C19H25N3O2/c1-19(2,3)18(23)22-15-7-10-17(21-13-15)20-12-11-14-5-8-16(24-4)9-6-14/h5-10,13H,11-12H2,1-4H3,(H,20,21)(H,22,23). The van der Waals surface area contributed by atoms with Crippen molar-refractivity contribution in [1.29, 1.82) is 0 Å².